The summed E-state index contributed by atoms with van der Waals surface area (Å²) in [7, 11) is 0. The van der Waals surface area contributed by atoms with Crippen LogP contribution in [0.25, 0.3) is 0 Å². The summed E-state index contributed by atoms with van der Waals surface area (Å²) in [6, 6.07) is 3.14. The Hall–Kier alpha value is -2.05. The molecule has 1 unspecified atom stereocenters. The van der Waals surface area contributed by atoms with Gasteiger partial charge in [0, 0.05) is 24.1 Å². The maximum absolute atomic E-state index is 12.9. The summed E-state index contributed by atoms with van der Waals surface area (Å²) in [6.45, 7) is 3.90. The number of halogens is 3. The van der Waals surface area contributed by atoms with E-state index in [-0.39, 0.29) is 25.1 Å². The Bertz CT molecular complexity index is 642. The molecule has 0 spiro atoms. The number of carbonyl (C=O) groups excluding carboxylic acids is 1. The minimum atomic E-state index is -4.47. The van der Waals surface area contributed by atoms with Crippen LogP contribution >= 0.6 is 0 Å². The lowest BCUT2D eigenvalue weighted by atomic mass is 9.74. The van der Waals surface area contributed by atoms with E-state index in [4.69, 9.17) is 5.11 Å². The molecule has 1 aromatic rings. The first-order valence-corrected chi connectivity index (χ1v) is 7.31. The van der Waals surface area contributed by atoms with E-state index in [1.807, 2.05) is 6.92 Å². The van der Waals surface area contributed by atoms with Gasteiger partial charge in [-0.05, 0) is 30.2 Å². The van der Waals surface area contributed by atoms with Gasteiger partial charge >= 0.3 is 12.1 Å². The van der Waals surface area contributed by atoms with Crippen molar-refractivity contribution in [1.29, 1.82) is 0 Å². The lowest BCUT2D eigenvalue weighted by Gasteiger charge is -2.41. The predicted molar refractivity (Wildman–Crippen MR) is 77.2 cm³/mol. The maximum Gasteiger partial charge on any atom is 0.416 e. The number of rotatable bonds is 4. The smallest absolute Gasteiger partial charge is 0.416 e. The Morgan fingerprint density at radius 1 is 1.39 bits per heavy atom. The topological polar surface area (TPSA) is 57.6 Å². The molecule has 1 atom stereocenters. The van der Waals surface area contributed by atoms with Crippen molar-refractivity contribution >= 4 is 11.9 Å². The van der Waals surface area contributed by atoms with Crippen molar-refractivity contribution in [3.63, 3.8) is 0 Å². The van der Waals surface area contributed by atoms with Crippen LogP contribution in [0.4, 0.5) is 13.2 Å². The van der Waals surface area contributed by atoms with Gasteiger partial charge in [-0.1, -0.05) is 13.8 Å². The summed E-state index contributed by atoms with van der Waals surface area (Å²) in [4.78, 5) is 24.6. The van der Waals surface area contributed by atoms with Crippen LogP contribution in [0, 0.1) is 0 Å². The second-order valence-electron chi connectivity index (χ2n) is 6.04. The molecule has 4 nitrogen and oxygen atoms in total. The van der Waals surface area contributed by atoms with Gasteiger partial charge in [0.05, 0.1) is 12.0 Å². The predicted octanol–water partition coefficient (Wildman–Crippen LogP) is 3.30. The van der Waals surface area contributed by atoms with Crippen LogP contribution in [0.3, 0.4) is 0 Å². The maximum atomic E-state index is 12.9. The van der Waals surface area contributed by atoms with E-state index in [0.717, 1.165) is 12.1 Å². The molecule has 7 heteroatoms. The summed E-state index contributed by atoms with van der Waals surface area (Å²) < 4.78 is 38.8. The SMILES string of the molecule is CCC1(C)CN(CCC(=O)O)C(=O)c2ccc(C(F)(F)F)cc21. The largest absolute Gasteiger partial charge is 0.481 e. The summed E-state index contributed by atoms with van der Waals surface area (Å²) in [5, 5.41) is 8.78. The summed E-state index contributed by atoms with van der Waals surface area (Å²) in [5.74, 6) is -1.44. The number of carboxylic acid groups (broad SMARTS) is 1. The minimum absolute atomic E-state index is 0.0459. The average Bonchev–Trinajstić information content (AvgIpc) is 2.48. The van der Waals surface area contributed by atoms with Crippen molar-refractivity contribution in [2.45, 2.75) is 38.3 Å². The zero-order valence-electron chi connectivity index (χ0n) is 12.9. The molecule has 0 bridgehead atoms. The fraction of sp³-hybridized carbons (Fsp3) is 0.500. The van der Waals surface area contributed by atoms with Crippen molar-refractivity contribution < 1.29 is 27.9 Å². The van der Waals surface area contributed by atoms with Gasteiger partial charge < -0.3 is 10.0 Å². The highest BCUT2D eigenvalue weighted by Gasteiger charge is 2.41. The zero-order valence-corrected chi connectivity index (χ0v) is 12.9. The van der Waals surface area contributed by atoms with Crippen molar-refractivity contribution in [2.24, 2.45) is 0 Å². The lowest BCUT2D eigenvalue weighted by molar-refractivity contribution is -0.138. The van der Waals surface area contributed by atoms with Crippen LogP contribution in [0.1, 0.15) is 48.2 Å². The molecular formula is C16H18F3NO3. The van der Waals surface area contributed by atoms with E-state index in [0.29, 0.717) is 12.0 Å². The molecule has 0 radical (unpaired) electrons. The molecule has 126 valence electrons. The Balaban J connectivity index is 2.46. The van der Waals surface area contributed by atoms with E-state index in [9.17, 15) is 22.8 Å². The number of amides is 1. The van der Waals surface area contributed by atoms with Crippen molar-refractivity contribution in [3.8, 4) is 0 Å². The number of aliphatic carboxylic acids is 1. The van der Waals surface area contributed by atoms with Gasteiger partial charge in [0.1, 0.15) is 0 Å². The molecular weight excluding hydrogens is 311 g/mol. The summed E-state index contributed by atoms with van der Waals surface area (Å²) >= 11 is 0. The molecule has 23 heavy (non-hydrogen) atoms. The molecule has 0 saturated carbocycles. The third kappa shape index (κ3) is 3.33. The third-order valence-electron chi connectivity index (χ3n) is 4.43. The molecule has 0 fully saturated rings. The molecule has 0 aliphatic carbocycles. The van der Waals surface area contributed by atoms with Crippen molar-refractivity contribution in [2.75, 3.05) is 13.1 Å². The van der Waals surface area contributed by atoms with Crippen LogP contribution in [-0.2, 0) is 16.4 Å². The zero-order chi connectivity index (χ0) is 17.4. The normalized spacial score (nSPS) is 21.3. The Labute approximate surface area is 131 Å². The van der Waals surface area contributed by atoms with Gasteiger partial charge in [0.15, 0.2) is 0 Å². The number of carbonyl (C=O) groups is 2. The quantitative estimate of drug-likeness (QED) is 0.922. The number of benzene rings is 1. The highest BCUT2D eigenvalue weighted by atomic mass is 19.4. The number of hydrogen-bond donors (Lipinski definition) is 1. The fourth-order valence-corrected chi connectivity index (χ4v) is 2.87. The molecule has 1 heterocycles. The number of nitrogens with zero attached hydrogens (tertiary/aromatic N) is 1. The van der Waals surface area contributed by atoms with Crippen LogP contribution in [0.15, 0.2) is 18.2 Å². The van der Waals surface area contributed by atoms with Crippen LogP contribution < -0.4 is 0 Å². The highest BCUT2D eigenvalue weighted by Crippen LogP contribution is 2.39. The molecule has 1 amide bonds. The van der Waals surface area contributed by atoms with E-state index < -0.39 is 29.0 Å². The molecule has 1 aliphatic heterocycles. The highest BCUT2D eigenvalue weighted by molar-refractivity contribution is 5.97. The average molecular weight is 329 g/mol. The second-order valence-corrected chi connectivity index (χ2v) is 6.04. The number of fused-ring (bicyclic) bond motifs is 1. The van der Waals surface area contributed by atoms with Gasteiger partial charge in [-0.25, -0.2) is 0 Å². The number of alkyl halides is 3. The Morgan fingerprint density at radius 3 is 2.57 bits per heavy atom. The first kappa shape index (κ1) is 17.3. The van der Waals surface area contributed by atoms with E-state index in [1.165, 1.54) is 11.0 Å². The summed E-state index contributed by atoms with van der Waals surface area (Å²) in [5.41, 5.74) is -0.809. The Morgan fingerprint density at radius 2 is 2.04 bits per heavy atom. The van der Waals surface area contributed by atoms with Gasteiger partial charge in [-0.3, -0.25) is 9.59 Å². The van der Waals surface area contributed by atoms with Gasteiger partial charge in [-0.15, -0.1) is 0 Å². The monoisotopic (exact) mass is 329 g/mol. The second kappa shape index (κ2) is 5.86. The standard InChI is InChI=1S/C16H18F3NO3/c1-3-15(2)9-20(7-6-13(21)22)14(23)11-5-4-10(8-12(11)15)16(17,18)19/h4-5,8H,3,6-7,9H2,1-2H3,(H,21,22). The van der Waals surface area contributed by atoms with Crippen LogP contribution in [0.2, 0.25) is 0 Å². The minimum Gasteiger partial charge on any atom is -0.481 e. The summed E-state index contributed by atoms with van der Waals surface area (Å²) in [6.07, 6.45) is -4.12. The van der Waals surface area contributed by atoms with E-state index >= 15 is 0 Å². The van der Waals surface area contributed by atoms with E-state index in [1.54, 1.807) is 6.92 Å². The molecule has 1 N–H and O–H groups in total. The number of carboxylic acids is 1. The van der Waals surface area contributed by atoms with Crippen molar-refractivity contribution in [1.82, 2.24) is 4.90 Å². The molecule has 2 rings (SSSR count). The van der Waals surface area contributed by atoms with Crippen molar-refractivity contribution in [3.05, 3.63) is 34.9 Å². The molecule has 1 aliphatic rings. The first-order chi connectivity index (χ1) is 10.6. The van der Waals surface area contributed by atoms with Gasteiger partial charge in [0.2, 0.25) is 0 Å². The first-order valence-electron chi connectivity index (χ1n) is 7.31. The van der Waals surface area contributed by atoms with Gasteiger partial charge in [-0.2, -0.15) is 13.2 Å². The fourth-order valence-electron chi connectivity index (χ4n) is 2.87. The third-order valence-corrected chi connectivity index (χ3v) is 4.43. The number of hydrogen-bond acceptors (Lipinski definition) is 2. The lowest BCUT2D eigenvalue weighted by Crippen LogP contribution is -2.48. The molecule has 1 aromatic carbocycles. The Kier molecular flexibility index (Phi) is 4.41. The van der Waals surface area contributed by atoms with Gasteiger partial charge in [0.25, 0.3) is 5.91 Å². The van der Waals surface area contributed by atoms with Crippen LogP contribution in [0.5, 0.6) is 0 Å². The van der Waals surface area contributed by atoms with E-state index in [2.05, 4.69) is 0 Å². The van der Waals surface area contributed by atoms with Crippen LogP contribution in [-0.4, -0.2) is 35.0 Å². The molecule has 0 aromatic heterocycles. The molecule has 0 saturated heterocycles.